The standard InChI is InChI=1S/C28H36N4O7S/c1-16(2)13-14-28(32-38-6)19-10-8-7-9-18(19)23(33)22(24(28)34)25-30-20-12-11-17(15-21(20)40(36,37)31-25)29-26(35)39-27(3,4)5/h7-12,15-16,32-33,36-37H,13-14H2,1-6H3,(H,29,35)(H,30,31). The van der Waals surface area contributed by atoms with E-state index in [1.165, 1.54) is 19.2 Å². The number of ketones is 1. The number of hydrogen-bond acceptors (Lipinski definition) is 10. The third-order valence-electron chi connectivity index (χ3n) is 6.50. The van der Waals surface area contributed by atoms with Gasteiger partial charge in [0.15, 0.2) is 11.6 Å². The molecule has 0 aromatic heterocycles. The summed E-state index contributed by atoms with van der Waals surface area (Å²) >= 11 is 0. The Kier molecular flexibility index (Phi) is 8.03. The summed E-state index contributed by atoms with van der Waals surface area (Å²) in [5.41, 5.74) is 2.06. The van der Waals surface area contributed by atoms with E-state index < -0.39 is 33.8 Å². The van der Waals surface area contributed by atoms with E-state index in [2.05, 4.69) is 20.5 Å². The van der Waals surface area contributed by atoms with Crippen LogP contribution in [0.5, 0.6) is 0 Å². The van der Waals surface area contributed by atoms with Crippen molar-refractivity contribution in [1.29, 1.82) is 0 Å². The number of amides is 1. The molecular weight excluding hydrogens is 536 g/mol. The van der Waals surface area contributed by atoms with Crippen LogP contribution in [0, 0.1) is 5.92 Å². The summed E-state index contributed by atoms with van der Waals surface area (Å²) in [4.78, 5) is 31.8. The highest BCUT2D eigenvalue weighted by atomic mass is 32.3. The molecule has 1 aliphatic carbocycles. The molecular formula is C28H36N4O7S. The number of ether oxygens (including phenoxy) is 1. The lowest BCUT2D eigenvalue weighted by molar-refractivity contribution is -0.129. The van der Waals surface area contributed by atoms with Crippen molar-refractivity contribution in [2.24, 2.45) is 10.3 Å². The van der Waals surface area contributed by atoms with Crippen LogP contribution in [0.2, 0.25) is 0 Å². The molecule has 0 fully saturated rings. The van der Waals surface area contributed by atoms with Gasteiger partial charge in [-0.05, 0) is 63.3 Å². The summed E-state index contributed by atoms with van der Waals surface area (Å²) in [6, 6.07) is 11.4. The summed E-state index contributed by atoms with van der Waals surface area (Å²) in [5, 5.41) is 16.9. The molecule has 1 heterocycles. The zero-order valence-electron chi connectivity index (χ0n) is 23.4. The zero-order chi connectivity index (χ0) is 29.5. The van der Waals surface area contributed by atoms with Crippen LogP contribution in [0.3, 0.4) is 0 Å². The lowest BCUT2D eigenvalue weighted by atomic mass is 9.71. The number of carbonyl (C=O) groups excluding carboxylic acids is 2. The van der Waals surface area contributed by atoms with Crippen LogP contribution >= 0.6 is 10.8 Å². The first-order valence-electron chi connectivity index (χ1n) is 12.9. The first kappa shape index (κ1) is 29.6. The monoisotopic (exact) mass is 572 g/mol. The third-order valence-corrected chi connectivity index (χ3v) is 7.86. The van der Waals surface area contributed by atoms with Gasteiger partial charge in [0.25, 0.3) is 0 Å². The topological polar surface area (TPSA) is 162 Å². The number of amidine groups is 1. The molecule has 0 saturated carbocycles. The first-order valence-corrected chi connectivity index (χ1v) is 14.4. The summed E-state index contributed by atoms with van der Waals surface area (Å²) in [5.74, 6) is -0.791. The minimum atomic E-state index is -3.85. The Labute approximate surface area is 235 Å². The fourth-order valence-corrected chi connectivity index (χ4v) is 5.91. The number of hydrogen-bond donors (Lipinski definition) is 6. The number of Topliss-reactive ketones (excluding diaryl/α,β-unsaturated/α-hetero) is 1. The van der Waals surface area contributed by atoms with Gasteiger partial charge in [0.05, 0.1) is 12.8 Å². The van der Waals surface area contributed by atoms with E-state index in [4.69, 9.17) is 9.57 Å². The Hall–Kier alpha value is -3.42. The highest BCUT2D eigenvalue weighted by molar-refractivity contribution is 8.23. The number of nitrogens with one attached hydrogen (secondary N) is 3. The Bertz CT molecular complexity index is 1400. The van der Waals surface area contributed by atoms with Crippen molar-refractivity contribution < 1.29 is 33.4 Å². The average molecular weight is 573 g/mol. The first-order chi connectivity index (χ1) is 18.7. The number of fused-ring (bicyclic) bond motifs is 2. The number of carbonyl (C=O) groups is 2. The Balaban J connectivity index is 1.77. The molecule has 12 heteroatoms. The van der Waals surface area contributed by atoms with Crippen LogP contribution < -0.4 is 16.1 Å². The third kappa shape index (κ3) is 5.72. The molecule has 6 N–H and O–H groups in total. The maximum absolute atomic E-state index is 14.2. The molecule has 1 atom stereocenters. The van der Waals surface area contributed by atoms with Crippen molar-refractivity contribution in [2.75, 3.05) is 17.7 Å². The van der Waals surface area contributed by atoms with E-state index in [0.29, 0.717) is 24.0 Å². The SMILES string of the molecule is CONC1(CCC(C)C)C(=O)C(C2=NS(O)(O)c3cc(NC(=O)OC(C)(C)C)ccc3N2)=C(O)c2ccccc21. The van der Waals surface area contributed by atoms with Crippen LogP contribution in [0.4, 0.5) is 16.2 Å². The van der Waals surface area contributed by atoms with Gasteiger partial charge in [0.1, 0.15) is 27.4 Å². The molecule has 2 aromatic rings. The van der Waals surface area contributed by atoms with E-state index in [0.717, 1.165) is 0 Å². The summed E-state index contributed by atoms with van der Waals surface area (Å²) in [6.45, 7) is 9.26. The molecule has 11 nitrogen and oxygen atoms in total. The number of rotatable bonds is 7. The Morgan fingerprint density at radius 2 is 1.88 bits per heavy atom. The van der Waals surface area contributed by atoms with Gasteiger partial charge in [0.2, 0.25) is 0 Å². The minimum absolute atomic E-state index is 0.00893. The maximum atomic E-state index is 14.2. The second-order valence-electron chi connectivity index (χ2n) is 11.2. The van der Waals surface area contributed by atoms with E-state index in [1.54, 1.807) is 51.1 Å². The smallest absolute Gasteiger partial charge is 0.412 e. The van der Waals surface area contributed by atoms with Gasteiger partial charge in [-0.25, -0.2) is 4.79 Å². The number of benzene rings is 2. The van der Waals surface area contributed by atoms with Crippen LogP contribution in [0.25, 0.3) is 5.76 Å². The van der Waals surface area contributed by atoms with Crippen LogP contribution in [0.15, 0.2) is 57.3 Å². The maximum Gasteiger partial charge on any atom is 0.412 e. The number of nitrogens with zero attached hydrogens (tertiary/aromatic N) is 1. The van der Waals surface area contributed by atoms with Crippen LogP contribution in [-0.4, -0.2) is 44.6 Å². The van der Waals surface area contributed by atoms with E-state index in [1.807, 2.05) is 13.8 Å². The molecule has 2 aromatic carbocycles. The fraction of sp³-hybridized carbons (Fsp3) is 0.393. The normalized spacial score (nSPS) is 20.7. The van der Waals surface area contributed by atoms with Crippen LogP contribution in [0.1, 0.15) is 58.6 Å². The van der Waals surface area contributed by atoms with Crippen molar-refractivity contribution in [3.05, 3.63) is 59.2 Å². The minimum Gasteiger partial charge on any atom is -0.506 e. The molecule has 216 valence electrons. The van der Waals surface area contributed by atoms with Crippen molar-refractivity contribution in [1.82, 2.24) is 5.48 Å². The Morgan fingerprint density at radius 3 is 2.52 bits per heavy atom. The molecule has 0 saturated heterocycles. The van der Waals surface area contributed by atoms with Gasteiger partial charge in [-0.1, -0.05) is 48.9 Å². The largest absolute Gasteiger partial charge is 0.506 e. The average Bonchev–Trinajstić information content (AvgIpc) is 2.85. The van der Waals surface area contributed by atoms with Crippen molar-refractivity contribution in [2.45, 2.75) is 63.5 Å². The van der Waals surface area contributed by atoms with Crippen molar-refractivity contribution in [3.8, 4) is 0 Å². The van der Waals surface area contributed by atoms with Gasteiger partial charge in [0, 0.05) is 11.3 Å². The number of anilines is 2. The molecule has 4 rings (SSSR count). The lowest BCUT2D eigenvalue weighted by Crippen LogP contribution is -2.53. The number of hydroxylamine groups is 1. The van der Waals surface area contributed by atoms with Gasteiger partial charge < -0.3 is 20.0 Å². The highest BCUT2D eigenvalue weighted by Crippen LogP contribution is 2.57. The van der Waals surface area contributed by atoms with Gasteiger partial charge in [-0.3, -0.25) is 19.2 Å². The quantitative estimate of drug-likeness (QED) is 0.212. The molecule has 0 bridgehead atoms. The van der Waals surface area contributed by atoms with Gasteiger partial charge in [-0.2, -0.15) is 5.48 Å². The van der Waals surface area contributed by atoms with Gasteiger partial charge >= 0.3 is 6.09 Å². The predicted molar refractivity (Wildman–Crippen MR) is 155 cm³/mol. The molecule has 1 amide bonds. The Morgan fingerprint density at radius 1 is 1.18 bits per heavy atom. The second-order valence-corrected chi connectivity index (χ2v) is 12.8. The fourth-order valence-electron chi connectivity index (χ4n) is 4.73. The summed E-state index contributed by atoms with van der Waals surface area (Å²) in [7, 11) is -2.44. The van der Waals surface area contributed by atoms with Gasteiger partial charge in [-0.15, -0.1) is 4.40 Å². The molecule has 1 aliphatic heterocycles. The molecule has 0 spiro atoms. The second kappa shape index (κ2) is 10.9. The van der Waals surface area contributed by atoms with E-state index in [-0.39, 0.29) is 39.4 Å². The number of aliphatic hydroxyl groups excluding tert-OH is 1. The molecule has 1 unspecified atom stereocenters. The zero-order valence-corrected chi connectivity index (χ0v) is 24.2. The van der Waals surface area contributed by atoms with E-state index >= 15 is 0 Å². The highest BCUT2D eigenvalue weighted by Gasteiger charge is 2.50. The molecule has 0 radical (unpaired) electrons. The summed E-state index contributed by atoms with van der Waals surface area (Å²) < 4.78 is 31.5. The predicted octanol–water partition coefficient (Wildman–Crippen LogP) is 6.22. The van der Waals surface area contributed by atoms with Crippen molar-refractivity contribution >= 4 is 45.6 Å². The number of aliphatic hydroxyl groups is 1. The lowest BCUT2D eigenvalue weighted by Gasteiger charge is -2.40. The summed E-state index contributed by atoms with van der Waals surface area (Å²) in [6.07, 6.45) is 0.308. The van der Waals surface area contributed by atoms with Crippen LogP contribution in [-0.2, 0) is 19.9 Å². The van der Waals surface area contributed by atoms with E-state index in [9.17, 15) is 23.8 Å². The molecule has 2 aliphatic rings. The van der Waals surface area contributed by atoms with Crippen molar-refractivity contribution in [3.63, 3.8) is 0 Å². The molecule has 40 heavy (non-hydrogen) atoms.